The van der Waals surface area contributed by atoms with E-state index < -0.39 is 23.8 Å². The Kier molecular flexibility index (Phi) is 11.1. The van der Waals surface area contributed by atoms with Crippen LogP contribution in [0.2, 0.25) is 0 Å². The molecule has 1 amide bonds. The summed E-state index contributed by atoms with van der Waals surface area (Å²) in [5.74, 6) is -1.09. The van der Waals surface area contributed by atoms with Crippen molar-refractivity contribution in [1.29, 1.82) is 0 Å². The average Bonchev–Trinajstić information content (AvgIpc) is 3.75. The maximum atomic E-state index is 14.1. The Morgan fingerprint density at radius 3 is 2.37 bits per heavy atom. The molecule has 0 spiro atoms. The van der Waals surface area contributed by atoms with Crippen LogP contribution in [0.3, 0.4) is 0 Å². The summed E-state index contributed by atoms with van der Waals surface area (Å²) >= 11 is 0. The van der Waals surface area contributed by atoms with E-state index in [1.54, 1.807) is 0 Å². The van der Waals surface area contributed by atoms with E-state index in [-0.39, 0.29) is 24.4 Å². The standard InChI is InChI=1S/C36H47F2N3O2/c1-6-26-8-7-9-30(17-26)36(11-12-36)39-22-34(42)33(20-27-18-31(37)21-32(38)19-27)40-35(43)29-15-25(4)14-28(16-29)23-41(5)13-10-24(2)3/h7-9,14-19,21,24,33-34,39,42H,6,10-13,20,22-23H2,1-5H3,(H,40,43)/t33-,34-/m0/s1. The molecule has 3 aromatic rings. The molecule has 43 heavy (non-hydrogen) atoms. The predicted molar refractivity (Wildman–Crippen MR) is 169 cm³/mol. The lowest BCUT2D eigenvalue weighted by Gasteiger charge is -2.28. The summed E-state index contributed by atoms with van der Waals surface area (Å²) in [6.07, 6.45) is 3.04. The van der Waals surface area contributed by atoms with Crippen LogP contribution in [0, 0.1) is 24.5 Å². The third-order valence-corrected chi connectivity index (χ3v) is 8.39. The van der Waals surface area contributed by atoms with Crippen LogP contribution in [0.5, 0.6) is 0 Å². The van der Waals surface area contributed by atoms with Gasteiger partial charge in [0.1, 0.15) is 11.6 Å². The van der Waals surface area contributed by atoms with Gasteiger partial charge in [-0.15, -0.1) is 0 Å². The Morgan fingerprint density at radius 1 is 1.00 bits per heavy atom. The Morgan fingerprint density at radius 2 is 1.72 bits per heavy atom. The number of halogens is 2. The molecular weight excluding hydrogens is 544 g/mol. The SMILES string of the molecule is CCc1cccc(C2(NC[C@H](O)[C@H](Cc3cc(F)cc(F)c3)NC(=O)c3cc(C)cc(CN(C)CCC(C)C)c3)CC2)c1. The van der Waals surface area contributed by atoms with Gasteiger partial charge in [-0.25, -0.2) is 8.78 Å². The molecule has 1 fully saturated rings. The highest BCUT2D eigenvalue weighted by Crippen LogP contribution is 2.45. The second-order valence-corrected chi connectivity index (χ2v) is 12.8. The summed E-state index contributed by atoms with van der Waals surface area (Å²) in [7, 11) is 2.08. The first kappa shape index (κ1) is 32.8. The van der Waals surface area contributed by atoms with E-state index in [2.05, 4.69) is 73.7 Å². The normalized spacial score (nSPS) is 15.5. The molecule has 0 heterocycles. The van der Waals surface area contributed by atoms with Crippen LogP contribution in [0.1, 0.15) is 78.2 Å². The molecule has 5 nitrogen and oxygen atoms in total. The summed E-state index contributed by atoms with van der Waals surface area (Å²) < 4.78 is 28.1. The van der Waals surface area contributed by atoms with Crippen LogP contribution < -0.4 is 10.6 Å². The highest BCUT2D eigenvalue weighted by Gasteiger charge is 2.44. The number of nitrogens with zero attached hydrogens (tertiary/aromatic N) is 1. The monoisotopic (exact) mass is 591 g/mol. The lowest BCUT2D eigenvalue weighted by molar-refractivity contribution is 0.0821. The van der Waals surface area contributed by atoms with Gasteiger partial charge < -0.3 is 20.6 Å². The van der Waals surface area contributed by atoms with E-state index in [1.807, 2.05) is 19.1 Å². The van der Waals surface area contributed by atoms with Crippen molar-refractivity contribution >= 4 is 5.91 Å². The second-order valence-electron chi connectivity index (χ2n) is 12.8. The number of carbonyl (C=O) groups is 1. The number of hydrogen-bond donors (Lipinski definition) is 3. The predicted octanol–water partition coefficient (Wildman–Crippen LogP) is 6.29. The van der Waals surface area contributed by atoms with Crippen molar-refractivity contribution in [2.24, 2.45) is 5.92 Å². The number of aliphatic hydroxyl groups is 1. The van der Waals surface area contributed by atoms with Crippen LogP contribution >= 0.6 is 0 Å². The number of benzene rings is 3. The van der Waals surface area contributed by atoms with Crippen LogP contribution in [-0.4, -0.2) is 48.2 Å². The zero-order valence-electron chi connectivity index (χ0n) is 26.2. The fraction of sp³-hybridized carbons (Fsp3) is 0.472. The van der Waals surface area contributed by atoms with Gasteiger partial charge in [0, 0.05) is 30.3 Å². The van der Waals surface area contributed by atoms with E-state index in [1.165, 1.54) is 23.3 Å². The molecule has 7 heteroatoms. The Bertz CT molecular complexity index is 1370. The van der Waals surface area contributed by atoms with Gasteiger partial charge in [-0.05, 0) is 105 Å². The van der Waals surface area contributed by atoms with Crippen molar-refractivity contribution in [3.63, 3.8) is 0 Å². The van der Waals surface area contributed by atoms with Crippen molar-refractivity contribution in [3.8, 4) is 0 Å². The van der Waals surface area contributed by atoms with Crippen molar-refractivity contribution < 1.29 is 18.7 Å². The molecule has 1 aliphatic rings. The van der Waals surface area contributed by atoms with Gasteiger partial charge in [0.15, 0.2) is 0 Å². The van der Waals surface area contributed by atoms with Gasteiger partial charge in [-0.1, -0.05) is 56.7 Å². The summed E-state index contributed by atoms with van der Waals surface area (Å²) in [5, 5.41) is 17.9. The van der Waals surface area contributed by atoms with Gasteiger partial charge in [-0.3, -0.25) is 4.79 Å². The first-order valence-electron chi connectivity index (χ1n) is 15.5. The summed E-state index contributed by atoms with van der Waals surface area (Å²) in [4.78, 5) is 15.8. The number of aliphatic hydroxyl groups excluding tert-OH is 1. The fourth-order valence-electron chi connectivity index (χ4n) is 5.70. The zero-order valence-corrected chi connectivity index (χ0v) is 26.2. The number of rotatable bonds is 15. The third kappa shape index (κ3) is 9.43. The lowest BCUT2D eigenvalue weighted by atomic mass is 9.97. The fourth-order valence-corrected chi connectivity index (χ4v) is 5.70. The molecule has 2 atom stereocenters. The molecule has 0 radical (unpaired) electrons. The molecule has 1 saturated carbocycles. The molecule has 3 aromatic carbocycles. The molecule has 3 N–H and O–H groups in total. The number of nitrogens with one attached hydrogen (secondary N) is 2. The smallest absolute Gasteiger partial charge is 0.251 e. The number of hydrogen-bond acceptors (Lipinski definition) is 4. The van der Waals surface area contributed by atoms with Gasteiger partial charge >= 0.3 is 0 Å². The molecule has 0 saturated heterocycles. The van der Waals surface area contributed by atoms with Crippen molar-refractivity contribution in [1.82, 2.24) is 15.5 Å². The Hall–Kier alpha value is -3.13. The minimum Gasteiger partial charge on any atom is -0.390 e. The quantitative estimate of drug-likeness (QED) is 0.194. The maximum Gasteiger partial charge on any atom is 0.251 e. The van der Waals surface area contributed by atoms with Crippen molar-refractivity contribution in [2.45, 2.75) is 84.0 Å². The third-order valence-electron chi connectivity index (χ3n) is 8.39. The number of carbonyl (C=O) groups excluding carboxylic acids is 1. The number of amides is 1. The van der Waals surface area contributed by atoms with E-state index in [9.17, 15) is 18.7 Å². The minimum atomic E-state index is -0.992. The van der Waals surface area contributed by atoms with Gasteiger partial charge in [0.05, 0.1) is 12.1 Å². The molecular formula is C36H47F2N3O2. The maximum absolute atomic E-state index is 14.1. The summed E-state index contributed by atoms with van der Waals surface area (Å²) in [5.41, 5.74) is 5.11. The van der Waals surface area contributed by atoms with Crippen molar-refractivity contribution in [2.75, 3.05) is 20.1 Å². The van der Waals surface area contributed by atoms with E-state index in [0.29, 0.717) is 23.6 Å². The van der Waals surface area contributed by atoms with Crippen molar-refractivity contribution in [3.05, 3.63) is 106 Å². The largest absolute Gasteiger partial charge is 0.390 e. The molecule has 0 aromatic heterocycles. The van der Waals surface area contributed by atoms with Gasteiger partial charge in [-0.2, -0.15) is 0 Å². The number of aryl methyl sites for hydroxylation is 2. The van der Waals surface area contributed by atoms with Gasteiger partial charge in [0.25, 0.3) is 5.91 Å². The minimum absolute atomic E-state index is 0.0815. The average molecular weight is 592 g/mol. The van der Waals surface area contributed by atoms with E-state index in [0.717, 1.165) is 49.4 Å². The highest BCUT2D eigenvalue weighted by atomic mass is 19.1. The topological polar surface area (TPSA) is 64.6 Å². The summed E-state index contributed by atoms with van der Waals surface area (Å²) in [6.45, 7) is 10.4. The Balaban J connectivity index is 1.50. The van der Waals surface area contributed by atoms with E-state index in [4.69, 9.17) is 0 Å². The molecule has 4 rings (SSSR count). The molecule has 0 bridgehead atoms. The van der Waals surface area contributed by atoms with Gasteiger partial charge in [0.2, 0.25) is 0 Å². The summed E-state index contributed by atoms with van der Waals surface area (Å²) in [6, 6.07) is 16.8. The van der Waals surface area contributed by atoms with Crippen LogP contribution in [-0.2, 0) is 24.9 Å². The van der Waals surface area contributed by atoms with Crippen LogP contribution in [0.4, 0.5) is 8.78 Å². The first-order valence-corrected chi connectivity index (χ1v) is 15.5. The van der Waals surface area contributed by atoms with Crippen LogP contribution in [0.25, 0.3) is 0 Å². The zero-order chi connectivity index (χ0) is 31.1. The highest BCUT2D eigenvalue weighted by molar-refractivity contribution is 5.94. The molecule has 1 aliphatic carbocycles. The second kappa shape index (κ2) is 14.6. The molecule has 0 unspecified atom stereocenters. The molecule has 232 valence electrons. The Labute approximate surface area is 255 Å². The first-order chi connectivity index (χ1) is 20.5. The van der Waals surface area contributed by atoms with Crippen LogP contribution in [0.15, 0.2) is 60.7 Å². The lowest BCUT2D eigenvalue weighted by Crippen LogP contribution is -2.50. The van der Waals surface area contributed by atoms with E-state index >= 15 is 0 Å². The molecule has 0 aliphatic heterocycles.